The second-order valence-electron chi connectivity index (χ2n) is 13.3. The number of aliphatic hydroxyl groups is 1. The molecular weight excluding hydrogens is 556 g/mol. The molecule has 0 bridgehead atoms. The molecule has 2 saturated carbocycles. The number of nitrogens with two attached hydrogens (primary N) is 1. The summed E-state index contributed by atoms with van der Waals surface area (Å²) in [4.78, 5) is 74.1. The number of rotatable bonds is 8. The van der Waals surface area contributed by atoms with E-state index in [-0.39, 0.29) is 36.1 Å². The summed E-state index contributed by atoms with van der Waals surface area (Å²) < 4.78 is 0. The Morgan fingerprint density at radius 2 is 1.86 bits per heavy atom. The lowest BCUT2D eigenvalue weighted by atomic mass is 9.52. The molecule has 43 heavy (non-hydrogen) atoms. The Bertz CT molecular complexity index is 1410. The van der Waals surface area contributed by atoms with Crippen molar-refractivity contribution in [1.82, 2.24) is 10.2 Å². The Hall–Kier alpha value is -3.48. The van der Waals surface area contributed by atoms with Crippen LogP contribution in [0.1, 0.15) is 68.1 Å². The fraction of sp³-hybridized carbons (Fsp3) is 0.613. The van der Waals surface area contributed by atoms with Crippen LogP contribution in [0.3, 0.4) is 0 Å². The number of carbonyl (C=O) groups is 5. The summed E-state index contributed by atoms with van der Waals surface area (Å²) >= 11 is 0. The smallest absolute Gasteiger partial charge is 0.235 e. The van der Waals surface area contributed by atoms with E-state index < -0.39 is 64.4 Å². The van der Waals surface area contributed by atoms with Crippen LogP contribution in [0.25, 0.3) is 0 Å². The molecule has 12 nitrogen and oxygen atoms in total. The fourth-order valence-corrected chi connectivity index (χ4v) is 6.97. The zero-order valence-corrected chi connectivity index (χ0v) is 25.8. The third-order valence-corrected chi connectivity index (χ3v) is 8.83. The summed E-state index contributed by atoms with van der Waals surface area (Å²) in [5.74, 6) is -10.8. The van der Waals surface area contributed by atoms with Crippen LogP contribution in [-0.4, -0.2) is 88.8 Å². The van der Waals surface area contributed by atoms with Crippen molar-refractivity contribution in [2.75, 3.05) is 27.2 Å². The molecule has 0 radical (unpaired) electrons. The van der Waals surface area contributed by atoms with Crippen molar-refractivity contribution in [3.05, 3.63) is 28.3 Å². The average molecular weight is 599 g/mol. The van der Waals surface area contributed by atoms with E-state index >= 15 is 0 Å². The van der Waals surface area contributed by atoms with Gasteiger partial charge in [0.05, 0.1) is 23.2 Å². The van der Waals surface area contributed by atoms with Gasteiger partial charge in [-0.1, -0.05) is 25.9 Å². The van der Waals surface area contributed by atoms with Crippen molar-refractivity contribution in [1.29, 1.82) is 0 Å². The number of benzene rings is 1. The molecule has 0 saturated heterocycles. The van der Waals surface area contributed by atoms with E-state index in [0.29, 0.717) is 35.6 Å². The minimum atomic E-state index is -2.77. The lowest BCUT2D eigenvalue weighted by molar-refractivity contribution is -0.181. The number of phenols is 1. The predicted molar refractivity (Wildman–Crippen MR) is 156 cm³/mol. The van der Waals surface area contributed by atoms with Crippen molar-refractivity contribution in [2.24, 2.45) is 40.0 Å². The first-order chi connectivity index (χ1) is 20.0. The van der Waals surface area contributed by atoms with Gasteiger partial charge in [-0.2, -0.15) is 0 Å². The van der Waals surface area contributed by atoms with E-state index in [4.69, 9.17) is 10.6 Å². The molecule has 1 aromatic rings. The maximum absolute atomic E-state index is 14.2. The zero-order chi connectivity index (χ0) is 32.2. The summed E-state index contributed by atoms with van der Waals surface area (Å²) in [5.41, 5.74) is 4.44. The van der Waals surface area contributed by atoms with E-state index in [1.807, 2.05) is 0 Å². The van der Waals surface area contributed by atoms with Crippen molar-refractivity contribution >= 4 is 34.8 Å². The quantitative estimate of drug-likeness (QED) is 0.189. The number of nitrogens with one attached hydrogen (secondary N) is 1. The van der Waals surface area contributed by atoms with Crippen molar-refractivity contribution in [3.63, 3.8) is 0 Å². The van der Waals surface area contributed by atoms with E-state index in [9.17, 15) is 34.2 Å². The van der Waals surface area contributed by atoms with Gasteiger partial charge in [-0.05, 0) is 63.7 Å². The van der Waals surface area contributed by atoms with Gasteiger partial charge in [-0.15, -0.1) is 0 Å². The minimum Gasteiger partial charge on any atom is -0.507 e. The Kier molecular flexibility index (Phi) is 8.71. The number of primary amides is 1. The van der Waals surface area contributed by atoms with Crippen LogP contribution in [0.5, 0.6) is 5.75 Å². The Morgan fingerprint density at radius 3 is 2.42 bits per heavy atom. The number of oxime groups is 1. The zero-order valence-electron chi connectivity index (χ0n) is 25.8. The molecule has 1 amide bonds. The molecule has 0 aromatic heterocycles. The van der Waals surface area contributed by atoms with Crippen molar-refractivity contribution in [3.8, 4) is 5.75 Å². The molecule has 2 unspecified atom stereocenters. The molecule has 234 valence electrons. The molecule has 3 aliphatic rings. The van der Waals surface area contributed by atoms with E-state index in [1.165, 1.54) is 4.90 Å². The SMILES string of the molecule is CCON=C(C)c1cc(CNCC(C)(C)C)c(O)c2c1C[C@H]1C[C@H]3[C@H](N(C)C)C(=O)C(C(N)=O)C(=O)[C@@]3(O)C(=O)C1C2=O. The number of aromatic hydroxyl groups is 1. The number of amides is 1. The first-order valence-electron chi connectivity index (χ1n) is 14.6. The molecule has 3 aliphatic carbocycles. The maximum Gasteiger partial charge on any atom is 0.235 e. The molecule has 12 heteroatoms. The van der Waals surface area contributed by atoms with Gasteiger partial charge in [0.1, 0.15) is 12.4 Å². The maximum atomic E-state index is 14.2. The van der Waals surface area contributed by atoms with Gasteiger partial charge in [-0.3, -0.25) is 28.9 Å². The van der Waals surface area contributed by atoms with Crippen LogP contribution in [0.15, 0.2) is 11.2 Å². The molecule has 0 heterocycles. The number of hydrogen-bond acceptors (Lipinski definition) is 11. The molecule has 2 fully saturated rings. The molecular formula is C31H42N4O8. The highest BCUT2D eigenvalue weighted by Crippen LogP contribution is 2.51. The number of nitrogens with zero attached hydrogens (tertiary/aromatic N) is 2. The van der Waals surface area contributed by atoms with Crippen LogP contribution >= 0.6 is 0 Å². The minimum absolute atomic E-state index is 0.0271. The average Bonchev–Trinajstić information content (AvgIpc) is 2.89. The standard InChI is InChI=1S/C31H42N4O8/c1-8-43-34-14(2)17-10-16(12-33-13-30(3,4)5)24(36)21-18(17)9-15-11-19-23(35(6)7)26(38)22(29(32)41)28(40)31(19,42)27(39)20(15)25(21)37/h10,15,19-20,22-23,33,36,42H,8-9,11-13H2,1-7H3,(H2,32,41)/t15-,19-,20?,22?,23-,31-/m0/s1. The third-order valence-electron chi connectivity index (χ3n) is 8.83. The Balaban J connectivity index is 1.87. The van der Waals surface area contributed by atoms with Gasteiger partial charge in [0.15, 0.2) is 34.7 Å². The molecule has 0 aliphatic heterocycles. The number of phenolic OH excluding ortho intramolecular Hbond substituents is 1. The van der Waals surface area contributed by atoms with Crippen molar-refractivity contribution in [2.45, 2.75) is 65.6 Å². The Labute approximate surface area is 251 Å². The highest BCUT2D eigenvalue weighted by molar-refractivity contribution is 6.32. The highest BCUT2D eigenvalue weighted by Gasteiger charge is 2.69. The third kappa shape index (κ3) is 5.40. The topological polar surface area (TPSA) is 189 Å². The first kappa shape index (κ1) is 32.4. The first-order valence-corrected chi connectivity index (χ1v) is 14.6. The second-order valence-corrected chi connectivity index (χ2v) is 13.3. The van der Waals surface area contributed by atoms with Gasteiger partial charge >= 0.3 is 0 Å². The second kappa shape index (κ2) is 11.5. The van der Waals surface area contributed by atoms with Gasteiger partial charge in [0.25, 0.3) is 0 Å². The fourth-order valence-electron chi connectivity index (χ4n) is 6.97. The molecule has 6 atom stereocenters. The molecule has 1 aromatic carbocycles. The van der Waals surface area contributed by atoms with E-state index in [0.717, 1.165) is 0 Å². The van der Waals surface area contributed by atoms with Crippen LogP contribution in [0, 0.1) is 29.1 Å². The van der Waals surface area contributed by atoms with Crippen LogP contribution in [-0.2, 0) is 37.0 Å². The normalized spacial score (nSPS) is 29.3. The van der Waals surface area contributed by atoms with E-state index in [1.54, 1.807) is 34.0 Å². The summed E-state index contributed by atoms with van der Waals surface area (Å²) in [6.07, 6.45) is 0.115. The monoisotopic (exact) mass is 598 g/mol. The lowest BCUT2D eigenvalue weighted by Crippen LogP contribution is -2.74. The van der Waals surface area contributed by atoms with Crippen LogP contribution in [0.4, 0.5) is 0 Å². The number of likely N-dealkylation sites (N-methyl/N-ethyl adjacent to an activating group) is 1. The van der Waals surface area contributed by atoms with Gasteiger partial charge in [-0.25, -0.2) is 0 Å². The highest BCUT2D eigenvalue weighted by atomic mass is 16.6. The van der Waals surface area contributed by atoms with Crippen LogP contribution < -0.4 is 11.1 Å². The molecule has 4 rings (SSSR count). The number of Topliss-reactive ketones (excluding diaryl/α,β-unsaturated/α-hetero) is 4. The summed E-state index contributed by atoms with van der Waals surface area (Å²) in [5, 5.41) is 30.7. The molecule has 5 N–H and O–H groups in total. The lowest BCUT2D eigenvalue weighted by Gasteiger charge is -2.52. The number of hydrogen-bond donors (Lipinski definition) is 4. The number of fused-ring (bicyclic) bond motifs is 3. The van der Waals surface area contributed by atoms with E-state index in [2.05, 4.69) is 31.2 Å². The predicted octanol–water partition coefficient (Wildman–Crippen LogP) is 0.763. The van der Waals surface area contributed by atoms with Crippen LogP contribution in [0.2, 0.25) is 0 Å². The summed E-state index contributed by atoms with van der Waals surface area (Å²) in [6, 6.07) is 0.594. The Morgan fingerprint density at radius 1 is 1.21 bits per heavy atom. The molecule has 0 spiro atoms. The van der Waals surface area contributed by atoms with Gasteiger partial charge < -0.3 is 26.1 Å². The van der Waals surface area contributed by atoms with Crippen molar-refractivity contribution < 1.29 is 39.0 Å². The summed E-state index contributed by atoms with van der Waals surface area (Å²) in [7, 11) is 3.10. The van der Waals surface area contributed by atoms with Gasteiger partial charge in [0, 0.05) is 30.1 Å². The largest absolute Gasteiger partial charge is 0.507 e. The van der Waals surface area contributed by atoms with Gasteiger partial charge in [0.2, 0.25) is 5.91 Å². The number of carbonyl (C=O) groups excluding carboxylic acids is 5. The number of ketones is 4. The summed E-state index contributed by atoms with van der Waals surface area (Å²) in [6.45, 7) is 10.8.